The van der Waals surface area contributed by atoms with Crippen LogP contribution in [-0.2, 0) is 14.3 Å². The van der Waals surface area contributed by atoms with Gasteiger partial charge in [-0.25, -0.2) is 9.40 Å². The molecule has 3 rings (SSSR count). The summed E-state index contributed by atoms with van der Waals surface area (Å²) in [6, 6.07) is 10.9. The molecule has 0 unspecified atom stereocenters. The summed E-state index contributed by atoms with van der Waals surface area (Å²) in [5.74, 6) is 0.345. The molecule has 1 atom stereocenters. The minimum atomic E-state index is -0.448. The maximum Gasteiger partial charge on any atom is 0.262 e. The molecule has 2 aromatic carbocycles. The largest absolute Gasteiger partial charge is 0.497 e. The Kier molecular flexibility index (Phi) is 8.59. The highest BCUT2D eigenvalue weighted by Crippen LogP contribution is 2.36. The fourth-order valence-electron chi connectivity index (χ4n) is 3.84. The van der Waals surface area contributed by atoms with E-state index in [2.05, 4.69) is 5.10 Å². The number of hydrogen-bond acceptors (Lipinski definition) is 6. The fourth-order valence-corrected chi connectivity index (χ4v) is 3.84. The minimum Gasteiger partial charge on any atom is -0.497 e. The van der Waals surface area contributed by atoms with E-state index in [1.807, 2.05) is 6.07 Å². The highest BCUT2D eigenvalue weighted by atomic mass is 19.1. The summed E-state index contributed by atoms with van der Waals surface area (Å²) < 4.78 is 29.5. The SMILES string of the molecule is CCC(=O)N(CCOC)CC(=O)N1N=C(c2ccc(OC)cc2OC)C[C@@H]1c1ccc(F)cc1. The van der Waals surface area contributed by atoms with Gasteiger partial charge in [0, 0.05) is 38.1 Å². The first kappa shape index (κ1) is 25.2. The van der Waals surface area contributed by atoms with E-state index >= 15 is 0 Å². The van der Waals surface area contributed by atoms with Gasteiger partial charge in [0.1, 0.15) is 23.9 Å². The summed E-state index contributed by atoms with van der Waals surface area (Å²) >= 11 is 0. The number of amides is 2. The highest BCUT2D eigenvalue weighted by Gasteiger charge is 2.35. The molecule has 0 N–H and O–H groups in total. The number of halogens is 1. The number of rotatable bonds is 10. The van der Waals surface area contributed by atoms with Crippen LogP contribution in [0.15, 0.2) is 47.6 Å². The topological polar surface area (TPSA) is 80.7 Å². The molecule has 0 fully saturated rings. The van der Waals surface area contributed by atoms with Crippen LogP contribution in [0.5, 0.6) is 11.5 Å². The van der Waals surface area contributed by atoms with Gasteiger partial charge in [0.25, 0.3) is 5.91 Å². The van der Waals surface area contributed by atoms with Gasteiger partial charge < -0.3 is 19.1 Å². The first-order chi connectivity index (χ1) is 16.4. The monoisotopic (exact) mass is 471 g/mol. The smallest absolute Gasteiger partial charge is 0.262 e. The van der Waals surface area contributed by atoms with Crippen LogP contribution in [0.25, 0.3) is 0 Å². The molecule has 0 aromatic heterocycles. The number of carbonyl (C=O) groups excluding carboxylic acids is 2. The Balaban J connectivity index is 1.95. The van der Waals surface area contributed by atoms with Crippen molar-refractivity contribution in [2.45, 2.75) is 25.8 Å². The Labute approximate surface area is 198 Å². The molecule has 1 aliphatic rings. The van der Waals surface area contributed by atoms with Gasteiger partial charge in [-0.3, -0.25) is 9.59 Å². The molecule has 0 spiro atoms. The number of hydrogen-bond donors (Lipinski definition) is 0. The lowest BCUT2D eigenvalue weighted by Crippen LogP contribution is -2.42. The molecule has 1 aliphatic heterocycles. The van der Waals surface area contributed by atoms with E-state index in [1.165, 1.54) is 22.0 Å². The van der Waals surface area contributed by atoms with Crippen molar-refractivity contribution in [3.8, 4) is 11.5 Å². The van der Waals surface area contributed by atoms with Crippen LogP contribution in [0.4, 0.5) is 4.39 Å². The zero-order valence-corrected chi connectivity index (χ0v) is 19.9. The Morgan fingerprint density at radius 1 is 1.12 bits per heavy atom. The summed E-state index contributed by atoms with van der Waals surface area (Å²) in [5, 5.41) is 6.02. The zero-order valence-electron chi connectivity index (χ0n) is 19.9. The number of methoxy groups -OCH3 is 3. The lowest BCUT2D eigenvalue weighted by Gasteiger charge is -2.26. The lowest BCUT2D eigenvalue weighted by atomic mass is 9.97. The molecule has 0 bridgehead atoms. The summed E-state index contributed by atoms with van der Waals surface area (Å²) in [6.45, 7) is 2.23. The normalized spacial score (nSPS) is 15.1. The van der Waals surface area contributed by atoms with Gasteiger partial charge >= 0.3 is 0 Å². The molecule has 0 aliphatic carbocycles. The Bertz CT molecular complexity index is 1040. The van der Waals surface area contributed by atoms with Crippen molar-refractivity contribution < 1.29 is 28.2 Å². The third-order valence-electron chi connectivity index (χ3n) is 5.69. The highest BCUT2D eigenvalue weighted by molar-refractivity contribution is 6.05. The van der Waals surface area contributed by atoms with E-state index < -0.39 is 6.04 Å². The average Bonchev–Trinajstić information content (AvgIpc) is 3.31. The maximum absolute atomic E-state index is 13.6. The minimum absolute atomic E-state index is 0.135. The summed E-state index contributed by atoms with van der Waals surface area (Å²) in [6.07, 6.45) is 0.676. The Morgan fingerprint density at radius 2 is 1.85 bits per heavy atom. The fraction of sp³-hybridized carbons (Fsp3) is 0.400. The van der Waals surface area contributed by atoms with Crippen LogP contribution < -0.4 is 9.47 Å². The quantitative estimate of drug-likeness (QED) is 0.531. The van der Waals surface area contributed by atoms with Gasteiger partial charge in [0.05, 0.1) is 32.6 Å². The molecular formula is C25H30FN3O5. The third-order valence-corrected chi connectivity index (χ3v) is 5.69. The molecule has 2 amide bonds. The van der Waals surface area contributed by atoms with E-state index in [0.29, 0.717) is 36.8 Å². The zero-order chi connectivity index (χ0) is 24.7. The van der Waals surface area contributed by atoms with Gasteiger partial charge in [0.2, 0.25) is 5.91 Å². The second-order valence-electron chi connectivity index (χ2n) is 7.78. The van der Waals surface area contributed by atoms with Crippen LogP contribution >= 0.6 is 0 Å². The van der Waals surface area contributed by atoms with Gasteiger partial charge in [0.15, 0.2) is 0 Å². The van der Waals surface area contributed by atoms with Gasteiger partial charge in [-0.1, -0.05) is 19.1 Å². The van der Waals surface area contributed by atoms with Crippen molar-refractivity contribution >= 4 is 17.5 Å². The molecule has 182 valence electrons. The maximum atomic E-state index is 13.6. The van der Waals surface area contributed by atoms with Gasteiger partial charge in [-0.05, 0) is 29.8 Å². The van der Waals surface area contributed by atoms with Crippen molar-refractivity contribution in [2.75, 3.05) is 41.0 Å². The van der Waals surface area contributed by atoms with Gasteiger partial charge in [-0.2, -0.15) is 5.10 Å². The van der Waals surface area contributed by atoms with Crippen molar-refractivity contribution in [2.24, 2.45) is 5.10 Å². The summed E-state index contributed by atoms with van der Waals surface area (Å²) in [7, 11) is 4.66. The number of benzene rings is 2. The molecule has 1 heterocycles. The van der Waals surface area contributed by atoms with E-state index in [1.54, 1.807) is 52.5 Å². The molecule has 0 saturated carbocycles. The van der Waals surface area contributed by atoms with Crippen LogP contribution in [0.1, 0.15) is 36.9 Å². The number of hydrazone groups is 1. The van der Waals surface area contributed by atoms with Crippen LogP contribution in [0, 0.1) is 5.82 Å². The van der Waals surface area contributed by atoms with Crippen molar-refractivity contribution in [1.29, 1.82) is 0 Å². The lowest BCUT2D eigenvalue weighted by molar-refractivity contribution is -0.141. The van der Waals surface area contributed by atoms with Crippen molar-refractivity contribution in [3.05, 3.63) is 59.4 Å². The molecule has 0 radical (unpaired) electrons. The van der Waals surface area contributed by atoms with Crippen LogP contribution in [0.2, 0.25) is 0 Å². The van der Waals surface area contributed by atoms with Crippen molar-refractivity contribution in [1.82, 2.24) is 9.91 Å². The van der Waals surface area contributed by atoms with E-state index in [-0.39, 0.29) is 30.6 Å². The third kappa shape index (κ3) is 5.72. The number of ether oxygens (including phenoxy) is 3. The van der Waals surface area contributed by atoms with Gasteiger partial charge in [-0.15, -0.1) is 0 Å². The second-order valence-corrected chi connectivity index (χ2v) is 7.78. The molecule has 34 heavy (non-hydrogen) atoms. The standard InChI is InChI=1S/C25H30FN3O5/c1-5-24(30)28(12-13-32-2)16-25(31)29-22(17-6-8-18(26)9-7-17)15-21(27-29)20-11-10-19(33-3)14-23(20)34-4/h6-11,14,22H,5,12-13,15-16H2,1-4H3/t22-/m1/s1. The first-order valence-electron chi connectivity index (χ1n) is 11.1. The molecule has 8 nitrogen and oxygen atoms in total. The predicted octanol–water partition coefficient (Wildman–Crippen LogP) is 3.41. The summed E-state index contributed by atoms with van der Waals surface area (Å²) in [4.78, 5) is 27.2. The van der Waals surface area contributed by atoms with Crippen LogP contribution in [-0.4, -0.2) is 68.5 Å². The Hall–Kier alpha value is -3.46. The summed E-state index contributed by atoms with van der Waals surface area (Å²) in [5.41, 5.74) is 2.12. The number of nitrogens with zero attached hydrogens (tertiary/aromatic N) is 3. The second kappa shape index (κ2) is 11.6. The molecular weight excluding hydrogens is 441 g/mol. The predicted molar refractivity (Wildman–Crippen MR) is 125 cm³/mol. The van der Waals surface area contributed by atoms with E-state index in [0.717, 1.165) is 11.1 Å². The average molecular weight is 472 g/mol. The molecule has 0 saturated heterocycles. The van der Waals surface area contributed by atoms with E-state index in [4.69, 9.17) is 14.2 Å². The van der Waals surface area contributed by atoms with Crippen molar-refractivity contribution in [3.63, 3.8) is 0 Å². The Morgan fingerprint density at radius 3 is 2.47 bits per heavy atom. The number of carbonyl (C=O) groups is 2. The first-order valence-corrected chi connectivity index (χ1v) is 11.1. The molecule has 9 heteroatoms. The van der Waals surface area contributed by atoms with E-state index in [9.17, 15) is 14.0 Å². The molecule has 2 aromatic rings. The van der Waals surface area contributed by atoms with Crippen LogP contribution in [0.3, 0.4) is 0 Å².